The molecule has 1 aromatic carbocycles. The van der Waals surface area contributed by atoms with Gasteiger partial charge in [0.1, 0.15) is 6.61 Å². The molecule has 1 aliphatic heterocycles. The Labute approximate surface area is 129 Å². The van der Waals surface area contributed by atoms with Gasteiger partial charge in [0.05, 0.1) is 6.54 Å². The lowest BCUT2D eigenvalue weighted by Crippen LogP contribution is -2.25. The van der Waals surface area contributed by atoms with Crippen molar-refractivity contribution in [2.45, 2.75) is 25.8 Å². The summed E-state index contributed by atoms with van der Waals surface area (Å²) in [5.74, 6) is 0.479. The number of anilines is 1. The van der Waals surface area contributed by atoms with Crippen LogP contribution in [-0.2, 0) is 16.1 Å². The van der Waals surface area contributed by atoms with Crippen molar-refractivity contribution in [2.75, 3.05) is 18.1 Å². The lowest BCUT2D eigenvalue weighted by Gasteiger charge is -2.13. The second kappa shape index (κ2) is 6.64. The minimum absolute atomic E-state index is 0.0868. The number of cyclic esters (lactones) is 1. The van der Waals surface area contributed by atoms with Crippen LogP contribution in [0.1, 0.15) is 24.8 Å². The van der Waals surface area contributed by atoms with Gasteiger partial charge in [-0.25, -0.2) is 4.79 Å². The summed E-state index contributed by atoms with van der Waals surface area (Å²) in [6, 6.07) is 7.62. The van der Waals surface area contributed by atoms with E-state index >= 15 is 0 Å². The number of rotatable bonds is 5. The standard InChI is InChI=1S/C17H20N2O3/c20-16(11-13-3-1-2-4-13)18-12-14-5-7-15(8-6-14)19-9-10-22-17(19)21/h1,3,5-8,13H,2,4,9-12H2,(H,18,20)/t13-/m1/s1. The van der Waals surface area contributed by atoms with Crippen molar-refractivity contribution < 1.29 is 14.3 Å². The highest BCUT2D eigenvalue weighted by Crippen LogP contribution is 2.21. The summed E-state index contributed by atoms with van der Waals surface area (Å²) < 4.78 is 4.92. The van der Waals surface area contributed by atoms with E-state index in [0.29, 0.717) is 32.0 Å². The van der Waals surface area contributed by atoms with Crippen LogP contribution < -0.4 is 10.2 Å². The minimum atomic E-state index is -0.300. The summed E-state index contributed by atoms with van der Waals surface area (Å²) in [5, 5.41) is 2.95. The van der Waals surface area contributed by atoms with E-state index in [4.69, 9.17) is 4.74 Å². The lowest BCUT2D eigenvalue weighted by atomic mass is 10.1. The Kier molecular flexibility index (Phi) is 4.42. The predicted molar refractivity (Wildman–Crippen MR) is 83.5 cm³/mol. The van der Waals surface area contributed by atoms with Gasteiger partial charge in [-0.2, -0.15) is 0 Å². The van der Waals surface area contributed by atoms with E-state index in [9.17, 15) is 9.59 Å². The second-order valence-corrected chi connectivity index (χ2v) is 5.68. The summed E-state index contributed by atoms with van der Waals surface area (Å²) in [7, 11) is 0. The number of benzene rings is 1. The first-order valence-electron chi connectivity index (χ1n) is 7.69. The summed E-state index contributed by atoms with van der Waals surface area (Å²) >= 11 is 0. The first kappa shape index (κ1) is 14.6. The number of nitrogens with one attached hydrogen (secondary N) is 1. The number of allylic oxidation sites excluding steroid dienone is 2. The Morgan fingerprint density at radius 1 is 1.32 bits per heavy atom. The van der Waals surface area contributed by atoms with E-state index in [1.165, 1.54) is 0 Å². The molecule has 1 aromatic rings. The Balaban J connectivity index is 1.49. The molecule has 0 saturated carbocycles. The van der Waals surface area contributed by atoms with Crippen LogP contribution in [0.25, 0.3) is 0 Å². The summed E-state index contributed by atoms with van der Waals surface area (Å²) in [4.78, 5) is 25.0. The van der Waals surface area contributed by atoms with Gasteiger partial charge >= 0.3 is 6.09 Å². The summed E-state index contributed by atoms with van der Waals surface area (Å²) in [5.41, 5.74) is 1.85. The average molecular weight is 300 g/mol. The van der Waals surface area contributed by atoms with Crippen LogP contribution in [0, 0.1) is 5.92 Å². The first-order valence-corrected chi connectivity index (χ1v) is 7.69. The van der Waals surface area contributed by atoms with Crippen LogP contribution in [0.2, 0.25) is 0 Å². The molecule has 1 aliphatic carbocycles. The number of hydrogen-bond acceptors (Lipinski definition) is 3. The molecule has 2 amide bonds. The Morgan fingerprint density at radius 3 is 2.77 bits per heavy atom. The van der Waals surface area contributed by atoms with E-state index in [1.807, 2.05) is 24.3 Å². The maximum atomic E-state index is 11.9. The van der Waals surface area contributed by atoms with Gasteiger partial charge in [-0.1, -0.05) is 24.3 Å². The highest BCUT2D eigenvalue weighted by Gasteiger charge is 2.23. The second-order valence-electron chi connectivity index (χ2n) is 5.68. The molecule has 0 spiro atoms. The molecule has 1 heterocycles. The smallest absolute Gasteiger partial charge is 0.414 e. The third-order valence-electron chi connectivity index (χ3n) is 4.06. The molecule has 22 heavy (non-hydrogen) atoms. The molecule has 5 nitrogen and oxygen atoms in total. The molecular weight excluding hydrogens is 280 g/mol. The number of carbonyl (C=O) groups is 2. The minimum Gasteiger partial charge on any atom is -0.447 e. The van der Waals surface area contributed by atoms with Gasteiger partial charge in [-0.05, 0) is 36.5 Å². The summed E-state index contributed by atoms with van der Waals surface area (Å²) in [6.07, 6.45) is 6.69. The number of carbonyl (C=O) groups excluding carboxylic acids is 2. The van der Waals surface area contributed by atoms with E-state index in [-0.39, 0.29) is 12.0 Å². The van der Waals surface area contributed by atoms with Crippen molar-refractivity contribution in [1.82, 2.24) is 5.32 Å². The predicted octanol–water partition coefficient (Wildman–Crippen LogP) is 2.62. The van der Waals surface area contributed by atoms with Crippen LogP contribution >= 0.6 is 0 Å². The average Bonchev–Trinajstić information content (AvgIpc) is 3.17. The number of hydrogen-bond donors (Lipinski definition) is 1. The van der Waals surface area contributed by atoms with Crippen molar-refractivity contribution in [3.8, 4) is 0 Å². The van der Waals surface area contributed by atoms with Gasteiger partial charge in [0.15, 0.2) is 0 Å². The molecule has 1 saturated heterocycles. The molecule has 0 aromatic heterocycles. The molecule has 0 unspecified atom stereocenters. The highest BCUT2D eigenvalue weighted by atomic mass is 16.6. The zero-order chi connectivity index (χ0) is 15.4. The van der Waals surface area contributed by atoms with Crippen molar-refractivity contribution >= 4 is 17.7 Å². The zero-order valence-electron chi connectivity index (χ0n) is 12.5. The van der Waals surface area contributed by atoms with Gasteiger partial charge in [-0.3, -0.25) is 9.69 Å². The van der Waals surface area contributed by atoms with Crippen LogP contribution in [0.15, 0.2) is 36.4 Å². The highest BCUT2D eigenvalue weighted by molar-refractivity contribution is 5.89. The topological polar surface area (TPSA) is 58.6 Å². The molecule has 116 valence electrons. The van der Waals surface area contributed by atoms with Crippen molar-refractivity contribution in [2.24, 2.45) is 5.92 Å². The maximum absolute atomic E-state index is 11.9. The van der Waals surface area contributed by atoms with Gasteiger partial charge in [0, 0.05) is 18.7 Å². The molecule has 1 fully saturated rings. The third-order valence-corrected chi connectivity index (χ3v) is 4.06. The van der Waals surface area contributed by atoms with Gasteiger partial charge < -0.3 is 10.1 Å². The van der Waals surface area contributed by atoms with Crippen molar-refractivity contribution in [3.63, 3.8) is 0 Å². The Hall–Kier alpha value is -2.30. The number of amides is 2. The molecule has 0 radical (unpaired) electrons. The van der Waals surface area contributed by atoms with E-state index in [0.717, 1.165) is 24.1 Å². The molecule has 1 atom stereocenters. The van der Waals surface area contributed by atoms with Crippen molar-refractivity contribution in [3.05, 3.63) is 42.0 Å². The van der Waals surface area contributed by atoms with E-state index < -0.39 is 0 Å². The maximum Gasteiger partial charge on any atom is 0.414 e. The molecule has 2 aliphatic rings. The van der Waals surface area contributed by atoms with Crippen LogP contribution in [0.5, 0.6) is 0 Å². The van der Waals surface area contributed by atoms with Gasteiger partial charge in [0.25, 0.3) is 0 Å². The fourth-order valence-electron chi connectivity index (χ4n) is 2.80. The Morgan fingerprint density at radius 2 is 2.14 bits per heavy atom. The fraction of sp³-hybridized carbons (Fsp3) is 0.412. The van der Waals surface area contributed by atoms with E-state index in [2.05, 4.69) is 17.5 Å². The molecule has 3 rings (SSSR count). The molecule has 5 heteroatoms. The zero-order valence-corrected chi connectivity index (χ0v) is 12.5. The Bertz CT molecular complexity index is 580. The SMILES string of the molecule is O=C(C[C@@H]1C=CCC1)NCc1ccc(N2CCOC2=O)cc1. The monoisotopic (exact) mass is 300 g/mol. The molecule has 1 N–H and O–H groups in total. The summed E-state index contributed by atoms with van der Waals surface area (Å²) in [6.45, 7) is 1.54. The van der Waals surface area contributed by atoms with Crippen LogP contribution in [0.3, 0.4) is 0 Å². The number of nitrogens with zero attached hydrogens (tertiary/aromatic N) is 1. The molecule has 0 bridgehead atoms. The van der Waals surface area contributed by atoms with Crippen LogP contribution in [0.4, 0.5) is 10.5 Å². The third kappa shape index (κ3) is 3.47. The van der Waals surface area contributed by atoms with Gasteiger partial charge in [0.2, 0.25) is 5.91 Å². The lowest BCUT2D eigenvalue weighted by molar-refractivity contribution is -0.121. The van der Waals surface area contributed by atoms with Crippen molar-refractivity contribution in [1.29, 1.82) is 0 Å². The van der Waals surface area contributed by atoms with Gasteiger partial charge in [-0.15, -0.1) is 0 Å². The first-order chi connectivity index (χ1) is 10.7. The number of ether oxygens (including phenoxy) is 1. The normalized spacial score (nSPS) is 20.3. The fourth-order valence-corrected chi connectivity index (χ4v) is 2.80. The quantitative estimate of drug-likeness (QED) is 0.850. The molecular formula is C17H20N2O3. The van der Waals surface area contributed by atoms with Crippen LogP contribution in [-0.4, -0.2) is 25.2 Å². The largest absolute Gasteiger partial charge is 0.447 e. The van der Waals surface area contributed by atoms with E-state index in [1.54, 1.807) is 4.90 Å².